The summed E-state index contributed by atoms with van der Waals surface area (Å²) in [5.74, 6) is 0. The molecule has 23 heterocycles. The van der Waals surface area contributed by atoms with Crippen LogP contribution in [0.4, 0.5) is 0 Å². The van der Waals surface area contributed by atoms with Crippen LogP contribution in [-0.2, 0) is 85.3 Å². The van der Waals surface area contributed by atoms with E-state index in [4.69, 9.17) is 85.3 Å². The molecule has 0 aromatic carbocycles. The minimum Gasteiger partial charge on any atom is -0.394 e. The van der Waals surface area contributed by atoms with Gasteiger partial charge in [-0.2, -0.15) is 0 Å². The van der Waals surface area contributed by atoms with E-state index >= 15 is 0 Å². The molecule has 0 radical (unpaired) electrons. The molecule has 45 nitrogen and oxygen atoms in total. The zero-order valence-electron chi connectivity index (χ0n) is 51.8. The zero-order valence-corrected chi connectivity index (χ0v) is 51.8. The molecule has 99 heavy (non-hydrogen) atoms. The minimum atomic E-state index is -2.43. The number of hydrogen-bond acceptors (Lipinski definition) is 45. The van der Waals surface area contributed by atoms with Gasteiger partial charge in [0.2, 0.25) is 0 Å². The summed E-state index contributed by atoms with van der Waals surface area (Å²) in [4.78, 5) is 0. The topological polar surface area (TPSA) is 712 Å². The standard InChI is InChI=1S/C54H90O45/c55-1-10-19(63)20(64)29(73)47(83-10)92-38-11(2-56)84-46(30(74)21(38)65)82-9-18-45-28(72)37(81)54(91-18)98-44-17(8-62)89-52(35(79)26(44)70)96-42-15(6-60)87-50(33(77)24(42)68)94-40-13(4-58)85-48(31(75)22(40)66)93-39-12(3-57)86-49(32(76)23(39)67)95-41-14(5-59)88-51(34(78)25(41)69)97-43-16(7-61)90-53(99-45)36(80)27(43)71/h10-81H,1-9H2/t10-,11-,12-,13-,14-,15-,16-,17-,18?,19-,20+,21-,22-,23-,24-,25-,26-,27-,28-,29-,30-,31-,32-,33-,34-,35-,36-,37-,38-,39-,40-,41-,42-,43-,44-,45-,46+,47-,48-,49-,50-,51-,52-,53-,54-/m1/s1. The van der Waals surface area contributed by atoms with Crippen LogP contribution in [-0.4, -0.2) is 474 Å². The largest absolute Gasteiger partial charge is 0.394 e. The van der Waals surface area contributed by atoms with Gasteiger partial charge in [0.15, 0.2) is 56.6 Å². The number of hydrogen-bond donors (Lipinski definition) is 27. The number of rotatable bonds is 13. The third kappa shape index (κ3) is 16.0. The lowest BCUT2D eigenvalue weighted by Crippen LogP contribution is -2.68. The zero-order chi connectivity index (χ0) is 72.1. The molecule has 1 unspecified atom stereocenters. The van der Waals surface area contributed by atoms with Gasteiger partial charge in [0.1, 0.15) is 220 Å². The SMILES string of the molecule is OC[C@H]1O[C@H](O[C@H]2[C@H](O)[C@@H](O)[C@@H](OCC3O[C@@H]4O[C@H]5[C@H](O)[C@@H](O)[C@@H](O[C@H]6[C@H](O)[C@@H](O)[C@@H](O[C@H]7[C@H](O)[C@@H](O)[C@@H](O[C@H]8[C@H](O)[C@@H](O)[C@@H](O[C@H]9[C@H](O)[C@@H](O)[C@@H](O[C@H]%10[C@H](O)[C@@H](O)[C@@H](O[C@H]3[C@H](O)[C@H]4O)O[C@@H]%10CO)O[C@@H]9CO)O[C@@H]8CO)O[C@@H]7CO)O[C@@H]6CO)O[C@@H]5CO)O[C@@H]2CO)[C@H](O)[C@@H](O)[C@@H]1O. The molecule has 576 valence electrons. The quantitative estimate of drug-likeness (QED) is 0.0814. The molecule has 0 saturated carbocycles. The monoisotopic (exact) mass is 1460 g/mol. The smallest absolute Gasteiger partial charge is 0.187 e. The minimum absolute atomic E-state index is 0.906. The highest BCUT2D eigenvalue weighted by Crippen LogP contribution is 2.40. The van der Waals surface area contributed by atoms with Gasteiger partial charge in [-0.1, -0.05) is 0 Å². The van der Waals surface area contributed by atoms with Crippen LogP contribution < -0.4 is 0 Å². The Morgan fingerprint density at radius 3 is 0.657 bits per heavy atom. The van der Waals surface area contributed by atoms with Crippen molar-refractivity contribution in [3.63, 3.8) is 0 Å². The molecule has 23 fully saturated rings. The summed E-state index contributed by atoms with van der Waals surface area (Å²) in [5, 5.41) is 299. The number of ether oxygens (including phenoxy) is 18. The summed E-state index contributed by atoms with van der Waals surface area (Å²) in [6, 6.07) is 0. The Balaban J connectivity index is 0.938. The van der Waals surface area contributed by atoms with Crippen molar-refractivity contribution in [3.8, 4) is 0 Å². The van der Waals surface area contributed by atoms with Crippen LogP contribution in [0.15, 0.2) is 0 Å². The van der Waals surface area contributed by atoms with Crippen molar-refractivity contribution in [2.75, 3.05) is 59.5 Å². The lowest BCUT2D eigenvalue weighted by Gasteiger charge is -2.50. The average Bonchev–Trinajstić information content (AvgIpc) is 0.754. The van der Waals surface area contributed by atoms with Gasteiger partial charge >= 0.3 is 0 Å². The molecule has 45 heteroatoms. The lowest BCUT2D eigenvalue weighted by molar-refractivity contribution is -0.399. The third-order valence-electron chi connectivity index (χ3n) is 19.0. The van der Waals surface area contributed by atoms with Crippen molar-refractivity contribution < 1.29 is 223 Å². The maximum Gasteiger partial charge on any atom is 0.187 e. The highest BCUT2D eigenvalue weighted by Gasteiger charge is 2.61. The molecule has 23 aliphatic rings. The summed E-state index contributed by atoms with van der Waals surface area (Å²) >= 11 is 0. The summed E-state index contributed by atoms with van der Waals surface area (Å²) in [7, 11) is 0. The normalized spacial score (nSPS) is 55.1. The summed E-state index contributed by atoms with van der Waals surface area (Å²) in [6.45, 7) is -9.86. The Bertz CT molecular complexity index is 2450. The van der Waals surface area contributed by atoms with Gasteiger partial charge in [-0.15, -0.1) is 0 Å². The van der Waals surface area contributed by atoms with Gasteiger partial charge < -0.3 is 223 Å². The van der Waals surface area contributed by atoms with Crippen molar-refractivity contribution in [1.82, 2.24) is 0 Å². The van der Waals surface area contributed by atoms with Crippen molar-refractivity contribution in [2.45, 2.75) is 276 Å². The maximum absolute atomic E-state index is 12.0. The van der Waals surface area contributed by atoms with Crippen LogP contribution >= 0.6 is 0 Å². The molecule has 14 bridgehead atoms. The van der Waals surface area contributed by atoms with E-state index in [1.54, 1.807) is 0 Å². The maximum atomic E-state index is 12.0. The van der Waals surface area contributed by atoms with E-state index in [9.17, 15) is 138 Å². The fourth-order valence-corrected chi connectivity index (χ4v) is 13.3. The highest BCUT2D eigenvalue weighted by molar-refractivity contribution is 5.03. The third-order valence-corrected chi connectivity index (χ3v) is 19.0. The van der Waals surface area contributed by atoms with E-state index in [0.717, 1.165) is 0 Å². The molecule has 0 amide bonds. The molecular formula is C54H90O45. The van der Waals surface area contributed by atoms with E-state index in [2.05, 4.69) is 0 Å². The van der Waals surface area contributed by atoms with Crippen molar-refractivity contribution >= 4 is 0 Å². The number of aliphatic hydroxyl groups excluding tert-OH is 27. The van der Waals surface area contributed by atoms with Crippen LogP contribution in [0.25, 0.3) is 0 Å². The van der Waals surface area contributed by atoms with E-state index in [0.29, 0.717) is 0 Å². The molecule has 23 aliphatic heterocycles. The number of aliphatic hydroxyl groups is 27. The Hall–Kier alpha value is -1.80. The van der Waals surface area contributed by atoms with Gasteiger partial charge in [0, 0.05) is 0 Å². The molecule has 27 N–H and O–H groups in total. The van der Waals surface area contributed by atoms with Gasteiger partial charge in [-0.05, 0) is 0 Å². The Labute approximate surface area is 558 Å². The summed E-state index contributed by atoms with van der Waals surface area (Å²) in [6.07, 6.45) is -94.3. The van der Waals surface area contributed by atoms with E-state index in [-0.39, 0.29) is 0 Å². The fraction of sp³-hybridized carbons (Fsp3) is 1.00. The summed E-state index contributed by atoms with van der Waals surface area (Å²) < 4.78 is 103. The van der Waals surface area contributed by atoms with Crippen LogP contribution in [0.5, 0.6) is 0 Å². The Morgan fingerprint density at radius 2 is 0.404 bits per heavy atom. The molecule has 0 aliphatic carbocycles. The van der Waals surface area contributed by atoms with Crippen molar-refractivity contribution in [1.29, 1.82) is 0 Å². The van der Waals surface area contributed by atoms with E-state index < -0.39 is 336 Å². The lowest BCUT2D eigenvalue weighted by atomic mass is 9.95. The van der Waals surface area contributed by atoms with Gasteiger partial charge in [0.25, 0.3) is 0 Å². The van der Waals surface area contributed by atoms with Crippen LogP contribution in [0, 0.1) is 0 Å². The first kappa shape index (κ1) is 79.8. The van der Waals surface area contributed by atoms with Gasteiger partial charge in [-0.3, -0.25) is 0 Å². The molecule has 0 aromatic heterocycles. The first-order chi connectivity index (χ1) is 47.1. The Morgan fingerprint density at radius 1 is 0.182 bits per heavy atom. The molecule has 23 rings (SSSR count). The fourth-order valence-electron chi connectivity index (χ4n) is 13.3. The first-order valence-corrected chi connectivity index (χ1v) is 31.6. The molecular weight excluding hydrogens is 1370 g/mol. The Kier molecular flexibility index (Phi) is 27.4. The molecule has 0 aromatic rings. The van der Waals surface area contributed by atoms with E-state index in [1.165, 1.54) is 0 Å². The molecule has 0 spiro atoms. The van der Waals surface area contributed by atoms with Crippen molar-refractivity contribution in [2.24, 2.45) is 0 Å². The molecule has 23 saturated heterocycles. The second kappa shape index (κ2) is 34.0. The van der Waals surface area contributed by atoms with Crippen molar-refractivity contribution in [3.05, 3.63) is 0 Å². The summed E-state index contributed by atoms with van der Waals surface area (Å²) in [5.41, 5.74) is 0. The highest BCUT2D eigenvalue weighted by atomic mass is 16.8. The molecule has 45 atom stereocenters. The van der Waals surface area contributed by atoms with Crippen LogP contribution in [0.2, 0.25) is 0 Å². The predicted molar refractivity (Wildman–Crippen MR) is 294 cm³/mol. The first-order valence-electron chi connectivity index (χ1n) is 31.6. The van der Waals surface area contributed by atoms with Crippen LogP contribution in [0.1, 0.15) is 0 Å². The van der Waals surface area contributed by atoms with Gasteiger partial charge in [0.05, 0.1) is 59.5 Å². The average molecular weight is 1460 g/mol. The second-order valence-electron chi connectivity index (χ2n) is 25.3. The second-order valence-corrected chi connectivity index (χ2v) is 25.3. The van der Waals surface area contributed by atoms with Crippen LogP contribution in [0.3, 0.4) is 0 Å². The predicted octanol–water partition coefficient (Wildman–Crippen LogP) is -19.6. The van der Waals surface area contributed by atoms with E-state index in [1.807, 2.05) is 0 Å². The van der Waals surface area contributed by atoms with Gasteiger partial charge in [-0.25, -0.2) is 0 Å².